The van der Waals surface area contributed by atoms with Gasteiger partial charge < -0.3 is 9.47 Å². The first-order chi connectivity index (χ1) is 19.1. The van der Waals surface area contributed by atoms with Crippen LogP contribution in [0.25, 0.3) is 10.9 Å². The lowest BCUT2D eigenvalue weighted by Gasteiger charge is -2.15. The van der Waals surface area contributed by atoms with Gasteiger partial charge in [0.2, 0.25) is 5.75 Å². The molecule has 0 fully saturated rings. The van der Waals surface area contributed by atoms with Gasteiger partial charge in [-0.15, -0.1) is 0 Å². The van der Waals surface area contributed by atoms with E-state index in [0.29, 0.717) is 37.9 Å². The molecule has 12 heteroatoms. The molecule has 1 atom stereocenters. The predicted molar refractivity (Wildman–Crippen MR) is 160 cm³/mol. The molecule has 0 spiro atoms. The predicted octanol–water partition coefficient (Wildman–Crippen LogP) is 7.75. The van der Waals surface area contributed by atoms with Crippen LogP contribution < -0.4 is 15.0 Å². The highest BCUT2D eigenvalue weighted by Crippen LogP contribution is 2.39. The van der Waals surface area contributed by atoms with Crippen LogP contribution in [0.3, 0.4) is 0 Å². The Morgan fingerprint density at radius 2 is 1.90 bits per heavy atom. The topological polar surface area (TPSA) is 109 Å². The van der Waals surface area contributed by atoms with Crippen molar-refractivity contribution in [1.29, 1.82) is 0 Å². The van der Waals surface area contributed by atoms with Gasteiger partial charge in [-0.05, 0) is 55.3 Å². The van der Waals surface area contributed by atoms with Crippen molar-refractivity contribution in [3.8, 4) is 11.5 Å². The van der Waals surface area contributed by atoms with Crippen LogP contribution in [0.15, 0.2) is 62.9 Å². The average Bonchev–Trinajstić information content (AvgIpc) is 2.93. The fourth-order valence-corrected chi connectivity index (χ4v) is 4.60. The maximum Gasteiger partial charge on any atom is 0.315 e. The van der Waals surface area contributed by atoms with Crippen molar-refractivity contribution >= 4 is 61.9 Å². The Morgan fingerprint density at radius 3 is 2.58 bits per heavy atom. The third kappa shape index (κ3) is 6.46. The largest absolute Gasteiger partial charge is 0.490 e. The number of hydrogen-bond donors (Lipinski definition) is 0. The van der Waals surface area contributed by atoms with Gasteiger partial charge in [0.25, 0.3) is 5.56 Å². The lowest BCUT2D eigenvalue weighted by molar-refractivity contribution is -0.386. The van der Waals surface area contributed by atoms with Gasteiger partial charge in [0.15, 0.2) is 5.75 Å². The summed E-state index contributed by atoms with van der Waals surface area (Å²) in [6.07, 6.45) is 2.10. The number of hydrogen-bond acceptors (Lipinski definition) is 7. The summed E-state index contributed by atoms with van der Waals surface area (Å²) < 4.78 is 13.5. The number of nitrogens with zero attached hydrogens (tertiary/aromatic N) is 4. The van der Waals surface area contributed by atoms with E-state index < -0.39 is 4.92 Å². The van der Waals surface area contributed by atoms with E-state index >= 15 is 0 Å². The molecule has 0 aliphatic carbocycles. The first-order valence-corrected chi connectivity index (χ1v) is 14.0. The fraction of sp³-hybridized carbons (Fsp3) is 0.250. The number of aromatic nitrogens is 2. The number of halogens is 3. The Labute approximate surface area is 248 Å². The van der Waals surface area contributed by atoms with E-state index in [0.717, 1.165) is 10.9 Å². The van der Waals surface area contributed by atoms with E-state index in [1.54, 1.807) is 43.3 Å². The summed E-state index contributed by atoms with van der Waals surface area (Å²) in [5.41, 5.74) is 0.909. The molecule has 9 nitrogen and oxygen atoms in total. The molecule has 0 amide bonds. The number of fused-ring (bicyclic) bond motifs is 1. The van der Waals surface area contributed by atoms with Crippen molar-refractivity contribution in [3.05, 3.63) is 100 Å². The molecule has 0 N–H and O–H groups in total. The van der Waals surface area contributed by atoms with Crippen molar-refractivity contribution in [2.24, 2.45) is 5.10 Å². The third-order valence-corrected chi connectivity index (χ3v) is 7.36. The molecule has 4 aromatic rings. The minimum absolute atomic E-state index is 0.00276. The highest BCUT2D eigenvalue weighted by molar-refractivity contribution is 9.10. The Kier molecular flexibility index (Phi) is 9.44. The van der Waals surface area contributed by atoms with E-state index in [-0.39, 0.29) is 41.9 Å². The Bertz CT molecular complexity index is 1680. The summed E-state index contributed by atoms with van der Waals surface area (Å²) in [5, 5.41) is 17.6. The van der Waals surface area contributed by atoms with E-state index in [1.807, 2.05) is 19.9 Å². The molecule has 208 valence electrons. The zero-order chi connectivity index (χ0) is 29.0. The van der Waals surface area contributed by atoms with Gasteiger partial charge in [0.05, 0.1) is 38.7 Å². The molecule has 0 aliphatic rings. The first kappa shape index (κ1) is 29.5. The lowest BCUT2D eigenvalue weighted by atomic mass is 10.1. The summed E-state index contributed by atoms with van der Waals surface area (Å²) in [6, 6.07) is 13.1. The lowest BCUT2D eigenvalue weighted by Crippen LogP contribution is -2.23. The Hall–Kier alpha value is -3.47. The minimum Gasteiger partial charge on any atom is -0.490 e. The van der Waals surface area contributed by atoms with Gasteiger partial charge in [-0.3, -0.25) is 14.9 Å². The van der Waals surface area contributed by atoms with Crippen LogP contribution in [-0.2, 0) is 6.61 Å². The Balaban J connectivity index is 1.78. The van der Waals surface area contributed by atoms with Crippen LogP contribution in [0.5, 0.6) is 11.5 Å². The normalized spacial score (nSPS) is 12.2. The quantitative estimate of drug-likeness (QED) is 0.0989. The van der Waals surface area contributed by atoms with Gasteiger partial charge in [-0.2, -0.15) is 9.78 Å². The van der Waals surface area contributed by atoms with Crippen LogP contribution in [0.4, 0.5) is 5.69 Å². The van der Waals surface area contributed by atoms with E-state index in [2.05, 4.69) is 26.0 Å². The number of rotatable bonds is 10. The second kappa shape index (κ2) is 12.8. The van der Waals surface area contributed by atoms with Crippen molar-refractivity contribution in [3.63, 3.8) is 0 Å². The molecular formula is C28H25BrCl2N4O5. The van der Waals surface area contributed by atoms with Crippen LogP contribution in [0.1, 0.15) is 50.1 Å². The maximum atomic E-state index is 13.4. The molecule has 1 aromatic heterocycles. The SMILES string of the molecule is CCOc1cc(C=Nn2c([C@@H](C)CC)nc3ccc(Br)cc3c2=O)cc([N+](=O)[O-])c1OCc1ccc(Cl)c(Cl)c1. The van der Waals surface area contributed by atoms with Crippen LogP contribution in [0, 0.1) is 10.1 Å². The molecular weight excluding hydrogens is 623 g/mol. The van der Waals surface area contributed by atoms with Gasteiger partial charge in [0, 0.05) is 22.0 Å². The van der Waals surface area contributed by atoms with Crippen molar-refractivity contribution in [2.45, 2.75) is 39.7 Å². The zero-order valence-corrected chi connectivity index (χ0v) is 25.0. The number of nitro groups is 1. The van der Waals surface area contributed by atoms with Crippen LogP contribution in [-0.4, -0.2) is 27.4 Å². The minimum atomic E-state index is -0.560. The fourth-order valence-electron chi connectivity index (χ4n) is 3.91. The number of benzene rings is 3. The van der Waals surface area contributed by atoms with Gasteiger partial charge >= 0.3 is 5.69 Å². The molecule has 1 heterocycles. The second-order valence-electron chi connectivity index (χ2n) is 8.90. The third-order valence-electron chi connectivity index (χ3n) is 6.13. The van der Waals surface area contributed by atoms with Gasteiger partial charge in [-0.25, -0.2) is 4.98 Å². The molecule has 0 saturated heterocycles. The summed E-state index contributed by atoms with van der Waals surface area (Å²) in [6.45, 7) is 5.94. The molecule has 40 heavy (non-hydrogen) atoms. The standard InChI is InChI=1S/C28H25BrCl2N4O5/c1-4-16(3)27-33-23-9-7-19(29)13-20(23)28(36)34(27)32-14-18-11-24(35(37)38)26(25(12-18)39-5-2)40-15-17-6-8-21(30)22(31)10-17/h6-14,16H,4-5,15H2,1-3H3/t16-/m0/s1. The summed E-state index contributed by atoms with van der Waals surface area (Å²) in [7, 11) is 0. The van der Waals surface area contributed by atoms with Crippen LogP contribution >= 0.6 is 39.1 Å². The number of ether oxygens (including phenoxy) is 2. The summed E-state index contributed by atoms with van der Waals surface area (Å²) in [4.78, 5) is 29.6. The average molecular weight is 648 g/mol. The highest BCUT2D eigenvalue weighted by atomic mass is 79.9. The zero-order valence-electron chi connectivity index (χ0n) is 21.9. The molecule has 4 rings (SSSR count). The molecule has 0 bridgehead atoms. The smallest absolute Gasteiger partial charge is 0.315 e. The highest BCUT2D eigenvalue weighted by Gasteiger charge is 2.23. The van der Waals surface area contributed by atoms with E-state index in [4.69, 9.17) is 32.7 Å². The van der Waals surface area contributed by atoms with Crippen LogP contribution in [0.2, 0.25) is 10.0 Å². The van der Waals surface area contributed by atoms with Gasteiger partial charge in [-0.1, -0.05) is 59.0 Å². The molecule has 0 radical (unpaired) electrons. The molecule has 0 saturated carbocycles. The monoisotopic (exact) mass is 646 g/mol. The second-order valence-corrected chi connectivity index (χ2v) is 10.6. The Morgan fingerprint density at radius 1 is 1.12 bits per heavy atom. The summed E-state index contributed by atoms with van der Waals surface area (Å²) in [5.74, 6) is 0.543. The molecule has 0 unspecified atom stereocenters. The van der Waals surface area contributed by atoms with Crippen molar-refractivity contribution in [1.82, 2.24) is 9.66 Å². The van der Waals surface area contributed by atoms with Crippen molar-refractivity contribution < 1.29 is 14.4 Å². The van der Waals surface area contributed by atoms with Crippen molar-refractivity contribution in [2.75, 3.05) is 6.61 Å². The van der Waals surface area contributed by atoms with Gasteiger partial charge in [0.1, 0.15) is 12.4 Å². The number of nitro benzene ring substituents is 1. The maximum absolute atomic E-state index is 13.4. The van der Waals surface area contributed by atoms with E-state index in [1.165, 1.54) is 17.0 Å². The first-order valence-electron chi connectivity index (χ1n) is 12.4. The summed E-state index contributed by atoms with van der Waals surface area (Å²) >= 11 is 15.5. The molecule has 0 aliphatic heterocycles. The van der Waals surface area contributed by atoms with E-state index in [9.17, 15) is 14.9 Å². The molecule has 3 aromatic carbocycles.